The lowest BCUT2D eigenvalue weighted by Gasteiger charge is -2.17. The van der Waals surface area contributed by atoms with E-state index in [-0.39, 0.29) is 6.03 Å². The molecule has 0 bridgehead atoms. The fraction of sp³-hybridized carbons (Fsp3) is 0.400. The van der Waals surface area contributed by atoms with Crippen LogP contribution in [0, 0.1) is 5.92 Å². The summed E-state index contributed by atoms with van der Waals surface area (Å²) < 4.78 is 0. The third-order valence-corrected chi connectivity index (χ3v) is 3.25. The van der Waals surface area contributed by atoms with Gasteiger partial charge in [-0.15, -0.1) is 0 Å². The molecule has 96 valence electrons. The predicted octanol–water partition coefficient (Wildman–Crippen LogP) is 3.14. The molecule has 3 nitrogen and oxygen atoms in total. The van der Waals surface area contributed by atoms with Crippen LogP contribution in [0.3, 0.4) is 0 Å². The van der Waals surface area contributed by atoms with Crippen molar-refractivity contribution in [2.45, 2.75) is 26.3 Å². The zero-order valence-corrected chi connectivity index (χ0v) is 11.0. The van der Waals surface area contributed by atoms with Gasteiger partial charge < -0.3 is 10.2 Å². The highest BCUT2D eigenvalue weighted by molar-refractivity contribution is 5.75. The van der Waals surface area contributed by atoms with Crippen LogP contribution in [0.2, 0.25) is 0 Å². The first-order valence-corrected chi connectivity index (χ1v) is 6.39. The van der Waals surface area contributed by atoms with Gasteiger partial charge in [0, 0.05) is 19.8 Å². The van der Waals surface area contributed by atoms with Crippen LogP contribution in [0.5, 0.6) is 0 Å². The Morgan fingerprint density at radius 3 is 2.67 bits per heavy atom. The Hall–Kier alpha value is -1.77. The molecule has 0 radical (unpaired) electrons. The Morgan fingerprint density at radius 1 is 1.39 bits per heavy atom. The molecule has 0 unspecified atom stereocenters. The van der Waals surface area contributed by atoms with Crippen molar-refractivity contribution in [3.05, 3.63) is 47.7 Å². The van der Waals surface area contributed by atoms with E-state index in [2.05, 4.69) is 12.2 Å². The SMILES string of the molecule is C/C(=C\NC(=O)N(C)Cc1ccccc1)C1CC1. The molecular formula is C15H20N2O. The molecule has 1 saturated carbocycles. The number of hydrogen-bond donors (Lipinski definition) is 1. The number of allylic oxidation sites excluding steroid dienone is 1. The van der Waals surface area contributed by atoms with E-state index < -0.39 is 0 Å². The summed E-state index contributed by atoms with van der Waals surface area (Å²) in [6.07, 6.45) is 4.37. The van der Waals surface area contributed by atoms with Crippen LogP contribution in [0.15, 0.2) is 42.1 Å². The number of rotatable bonds is 4. The van der Waals surface area contributed by atoms with Gasteiger partial charge in [-0.25, -0.2) is 4.79 Å². The van der Waals surface area contributed by atoms with Gasteiger partial charge in [-0.2, -0.15) is 0 Å². The highest BCUT2D eigenvalue weighted by Crippen LogP contribution is 2.35. The molecular weight excluding hydrogens is 224 g/mol. The van der Waals surface area contributed by atoms with Gasteiger partial charge >= 0.3 is 6.03 Å². The van der Waals surface area contributed by atoms with Crippen LogP contribution in [0.1, 0.15) is 25.3 Å². The Morgan fingerprint density at radius 2 is 2.06 bits per heavy atom. The van der Waals surface area contributed by atoms with Gasteiger partial charge in [-0.3, -0.25) is 0 Å². The molecule has 1 aliphatic carbocycles. The smallest absolute Gasteiger partial charge is 0.321 e. The standard InChI is InChI=1S/C15H20N2O/c1-12(14-8-9-14)10-16-15(18)17(2)11-13-6-4-3-5-7-13/h3-7,10,14H,8-9,11H2,1-2H3,(H,16,18)/b12-10+. The van der Waals surface area contributed by atoms with Crippen molar-refractivity contribution in [1.29, 1.82) is 0 Å². The number of hydrogen-bond acceptors (Lipinski definition) is 1. The van der Waals surface area contributed by atoms with Crippen molar-refractivity contribution >= 4 is 6.03 Å². The third kappa shape index (κ3) is 3.62. The lowest BCUT2D eigenvalue weighted by molar-refractivity contribution is 0.210. The number of amides is 2. The van der Waals surface area contributed by atoms with Gasteiger partial charge in [-0.1, -0.05) is 35.9 Å². The zero-order valence-electron chi connectivity index (χ0n) is 11.0. The summed E-state index contributed by atoms with van der Waals surface area (Å²) in [6.45, 7) is 2.71. The Labute approximate surface area is 108 Å². The van der Waals surface area contributed by atoms with Crippen molar-refractivity contribution in [2.75, 3.05) is 7.05 Å². The summed E-state index contributed by atoms with van der Waals surface area (Å²) in [5.41, 5.74) is 2.41. The van der Waals surface area contributed by atoms with Crippen LogP contribution in [-0.2, 0) is 6.54 Å². The number of urea groups is 1. The minimum Gasteiger partial charge on any atom is -0.323 e. The second-order valence-electron chi connectivity index (χ2n) is 4.95. The first-order valence-electron chi connectivity index (χ1n) is 6.39. The summed E-state index contributed by atoms with van der Waals surface area (Å²) in [4.78, 5) is 13.6. The number of nitrogens with one attached hydrogen (secondary N) is 1. The number of carbonyl (C=O) groups excluding carboxylic acids is 1. The highest BCUT2D eigenvalue weighted by Gasteiger charge is 2.23. The number of benzene rings is 1. The average molecular weight is 244 g/mol. The Kier molecular flexibility index (Phi) is 4.03. The summed E-state index contributed by atoms with van der Waals surface area (Å²) in [6, 6.07) is 9.94. The summed E-state index contributed by atoms with van der Waals surface area (Å²) in [5.74, 6) is 0.699. The van der Waals surface area contributed by atoms with Crippen LogP contribution in [0.25, 0.3) is 0 Å². The molecule has 1 aromatic carbocycles. The Balaban J connectivity index is 1.83. The molecule has 0 saturated heterocycles. The molecule has 1 aliphatic rings. The molecule has 1 N–H and O–H groups in total. The van der Waals surface area contributed by atoms with Gasteiger partial charge in [0.15, 0.2) is 0 Å². The van der Waals surface area contributed by atoms with E-state index in [0.717, 1.165) is 5.56 Å². The van der Waals surface area contributed by atoms with Crippen molar-refractivity contribution < 1.29 is 4.79 Å². The molecule has 0 atom stereocenters. The van der Waals surface area contributed by atoms with Gasteiger partial charge in [0.25, 0.3) is 0 Å². The monoisotopic (exact) mass is 244 g/mol. The molecule has 1 fully saturated rings. The lowest BCUT2D eigenvalue weighted by Crippen LogP contribution is -2.34. The summed E-state index contributed by atoms with van der Waals surface area (Å²) in [5, 5.41) is 2.85. The van der Waals surface area contributed by atoms with Crippen LogP contribution in [-0.4, -0.2) is 18.0 Å². The maximum absolute atomic E-state index is 11.9. The van der Waals surface area contributed by atoms with Gasteiger partial charge in [0.2, 0.25) is 0 Å². The van der Waals surface area contributed by atoms with Crippen molar-refractivity contribution in [3.63, 3.8) is 0 Å². The summed E-state index contributed by atoms with van der Waals surface area (Å²) in [7, 11) is 1.81. The van der Waals surface area contributed by atoms with Gasteiger partial charge in [0.05, 0.1) is 0 Å². The lowest BCUT2D eigenvalue weighted by atomic mass is 10.2. The summed E-state index contributed by atoms with van der Waals surface area (Å²) >= 11 is 0. The largest absolute Gasteiger partial charge is 0.323 e. The first-order chi connectivity index (χ1) is 8.66. The van der Waals surface area contributed by atoms with E-state index in [1.54, 1.807) is 4.90 Å². The maximum atomic E-state index is 11.9. The molecule has 0 aliphatic heterocycles. The van der Waals surface area contributed by atoms with E-state index in [1.807, 2.05) is 43.6 Å². The van der Waals surface area contributed by atoms with Crippen LogP contribution >= 0.6 is 0 Å². The Bertz CT molecular complexity index is 435. The van der Waals surface area contributed by atoms with Gasteiger partial charge in [-0.05, 0) is 31.2 Å². The molecule has 18 heavy (non-hydrogen) atoms. The normalized spacial score (nSPS) is 15.3. The zero-order chi connectivity index (χ0) is 13.0. The first kappa shape index (κ1) is 12.7. The topological polar surface area (TPSA) is 32.3 Å². The number of nitrogens with zero attached hydrogens (tertiary/aromatic N) is 1. The van der Waals surface area contributed by atoms with Crippen LogP contribution in [0.4, 0.5) is 4.79 Å². The molecule has 1 aromatic rings. The quantitative estimate of drug-likeness (QED) is 0.867. The molecule has 2 rings (SSSR count). The molecule has 2 amide bonds. The maximum Gasteiger partial charge on any atom is 0.321 e. The fourth-order valence-corrected chi connectivity index (χ4v) is 1.87. The van der Waals surface area contributed by atoms with E-state index in [1.165, 1.54) is 18.4 Å². The van der Waals surface area contributed by atoms with E-state index in [0.29, 0.717) is 12.5 Å². The fourth-order valence-electron chi connectivity index (χ4n) is 1.87. The number of carbonyl (C=O) groups is 1. The van der Waals surface area contributed by atoms with Crippen molar-refractivity contribution in [3.8, 4) is 0 Å². The highest BCUT2D eigenvalue weighted by atomic mass is 16.2. The van der Waals surface area contributed by atoms with Crippen molar-refractivity contribution in [2.24, 2.45) is 5.92 Å². The van der Waals surface area contributed by atoms with E-state index in [9.17, 15) is 4.79 Å². The molecule has 0 heterocycles. The molecule has 0 spiro atoms. The van der Waals surface area contributed by atoms with Gasteiger partial charge in [0.1, 0.15) is 0 Å². The second kappa shape index (κ2) is 5.71. The van der Waals surface area contributed by atoms with Crippen LogP contribution < -0.4 is 5.32 Å². The average Bonchev–Trinajstić information content (AvgIpc) is 3.21. The minimum atomic E-state index is -0.0566. The third-order valence-electron chi connectivity index (χ3n) is 3.25. The van der Waals surface area contributed by atoms with Crippen molar-refractivity contribution in [1.82, 2.24) is 10.2 Å². The van der Waals surface area contributed by atoms with E-state index >= 15 is 0 Å². The molecule has 3 heteroatoms. The minimum absolute atomic E-state index is 0.0566. The predicted molar refractivity (Wildman–Crippen MR) is 72.9 cm³/mol. The second-order valence-corrected chi connectivity index (χ2v) is 4.95. The molecule has 0 aromatic heterocycles. The van der Waals surface area contributed by atoms with E-state index in [4.69, 9.17) is 0 Å².